The Hall–Kier alpha value is -3.78. The number of hydrogen-bond donors (Lipinski definition) is 2. The Morgan fingerprint density at radius 1 is 1.18 bits per heavy atom. The maximum atomic E-state index is 12.6. The van der Waals surface area contributed by atoms with Crippen molar-refractivity contribution in [2.75, 3.05) is 18.4 Å². The minimum absolute atomic E-state index is 0.0626. The molecule has 1 saturated heterocycles. The number of fused-ring (bicyclic) bond motifs is 1. The van der Waals surface area contributed by atoms with E-state index in [1.54, 1.807) is 23.2 Å². The number of carbonyl (C=O) groups is 1. The van der Waals surface area contributed by atoms with Gasteiger partial charge in [-0.25, -0.2) is 14.5 Å². The van der Waals surface area contributed by atoms with Gasteiger partial charge in [0.1, 0.15) is 0 Å². The number of nitrogens with zero attached hydrogens (tertiary/aromatic N) is 5. The minimum Gasteiger partial charge on any atom is -0.391 e. The normalized spacial score (nSPS) is 16.0. The summed E-state index contributed by atoms with van der Waals surface area (Å²) in [5.41, 5.74) is 5.45. The number of anilines is 2. The van der Waals surface area contributed by atoms with Crippen LogP contribution in [0.5, 0.6) is 0 Å². The van der Waals surface area contributed by atoms with E-state index in [-0.39, 0.29) is 5.91 Å². The Kier molecular flexibility index (Phi) is 5.51. The van der Waals surface area contributed by atoms with E-state index >= 15 is 0 Å². The standard InChI is InChI=1S/C25H26N6O2/c1-16(2)21-14-27-31-12-8-18(13-23(21)31)22-7-10-26-25(29-22)28-19-5-3-17(4-6-19)24(33)30-11-9-20(32)15-30/h3-8,10,12-14,16,20,32H,9,11,15H2,1-2H3,(H,26,28,29). The molecule has 8 nitrogen and oxygen atoms in total. The number of aliphatic hydroxyl groups is 1. The van der Waals surface area contributed by atoms with Gasteiger partial charge in [0.15, 0.2) is 0 Å². The van der Waals surface area contributed by atoms with Crippen molar-refractivity contribution >= 4 is 23.1 Å². The van der Waals surface area contributed by atoms with Gasteiger partial charge >= 0.3 is 0 Å². The predicted octanol–water partition coefficient (Wildman–Crippen LogP) is 3.87. The lowest BCUT2D eigenvalue weighted by Crippen LogP contribution is -2.29. The van der Waals surface area contributed by atoms with E-state index in [9.17, 15) is 9.90 Å². The second kappa shape index (κ2) is 8.63. The Morgan fingerprint density at radius 2 is 2.00 bits per heavy atom. The summed E-state index contributed by atoms with van der Waals surface area (Å²) in [4.78, 5) is 23.3. The van der Waals surface area contributed by atoms with Gasteiger partial charge in [-0.15, -0.1) is 0 Å². The minimum atomic E-state index is -0.425. The van der Waals surface area contributed by atoms with Crippen LogP contribution in [-0.2, 0) is 0 Å². The number of benzene rings is 1. The van der Waals surface area contributed by atoms with E-state index in [1.165, 1.54) is 5.56 Å². The zero-order chi connectivity index (χ0) is 22.9. The number of β-amino-alcohol motifs (C(OH)–C–C–N with tert-alkyl or cyclic N) is 1. The quantitative estimate of drug-likeness (QED) is 0.487. The van der Waals surface area contributed by atoms with Crippen LogP contribution in [0.25, 0.3) is 16.8 Å². The second-order valence-electron chi connectivity index (χ2n) is 8.66. The van der Waals surface area contributed by atoms with E-state index < -0.39 is 6.10 Å². The topological polar surface area (TPSA) is 95.7 Å². The van der Waals surface area contributed by atoms with Crippen LogP contribution in [0.4, 0.5) is 11.6 Å². The number of likely N-dealkylation sites (tertiary alicyclic amines) is 1. The molecule has 0 spiro atoms. The fourth-order valence-electron chi connectivity index (χ4n) is 4.12. The molecule has 168 valence electrons. The average molecular weight is 443 g/mol. The van der Waals surface area contributed by atoms with Crippen molar-refractivity contribution in [1.82, 2.24) is 24.5 Å². The van der Waals surface area contributed by atoms with Crippen molar-refractivity contribution in [2.24, 2.45) is 0 Å². The number of aliphatic hydroxyl groups excluding tert-OH is 1. The first-order valence-electron chi connectivity index (χ1n) is 11.1. The Labute approximate surface area is 191 Å². The Bertz CT molecular complexity index is 1300. The third-order valence-electron chi connectivity index (χ3n) is 5.96. The molecule has 0 radical (unpaired) electrons. The van der Waals surface area contributed by atoms with Crippen molar-refractivity contribution < 1.29 is 9.90 Å². The molecule has 2 N–H and O–H groups in total. The van der Waals surface area contributed by atoms with Gasteiger partial charge in [0.05, 0.1) is 23.5 Å². The molecule has 4 heterocycles. The van der Waals surface area contributed by atoms with Crippen LogP contribution in [0.1, 0.15) is 42.1 Å². The largest absolute Gasteiger partial charge is 0.391 e. The highest BCUT2D eigenvalue weighted by Gasteiger charge is 2.25. The van der Waals surface area contributed by atoms with Gasteiger partial charge in [-0.1, -0.05) is 13.8 Å². The smallest absolute Gasteiger partial charge is 0.253 e. The molecule has 1 amide bonds. The Morgan fingerprint density at radius 3 is 2.73 bits per heavy atom. The lowest BCUT2D eigenvalue weighted by molar-refractivity contribution is 0.0765. The van der Waals surface area contributed by atoms with Crippen LogP contribution in [-0.4, -0.2) is 54.7 Å². The van der Waals surface area contributed by atoms with E-state index in [2.05, 4.69) is 40.3 Å². The summed E-state index contributed by atoms with van der Waals surface area (Å²) in [6.45, 7) is 5.29. The van der Waals surface area contributed by atoms with E-state index in [4.69, 9.17) is 0 Å². The van der Waals surface area contributed by atoms with Crippen molar-refractivity contribution in [3.63, 3.8) is 0 Å². The van der Waals surface area contributed by atoms with Gasteiger partial charge < -0.3 is 15.3 Å². The van der Waals surface area contributed by atoms with Crippen molar-refractivity contribution in [3.8, 4) is 11.3 Å². The summed E-state index contributed by atoms with van der Waals surface area (Å²) in [5.74, 6) is 0.796. The molecule has 0 aliphatic carbocycles. The Balaban J connectivity index is 1.34. The molecule has 1 aliphatic rings. The number of nitrogens with one attached hydrogen (secondary N) is 1. The van der Waals surface area contributed by atoms with Gasteiger partial charge in [0, 0.05) is 47.9 Å². The van der Waals surface area contributed by atoms with Crippen molar-refractivity contribution in [3.05, 3.63) is 72.2 Å². The van der Waals surface area contributed by atoms with Gasteiger partial charge in [-0.3, -0.25) is 4.79 Å². The third kappa shape index (κ3) is 4.29. The highest BCUT2D eigenvalue weighted by molar-refractivity contribution is 5.94. The fourth-order valence-corrected chi connectivity index (χ4v) is 4.12. The van der Waals surface area contributed by atoms with Crippen LogP contribution in [0.15, 0.2) is 61.1 Å². The molecule has 3 aromatic heterocycles. The summed E-state index contributed by atoms with van der Waals surface area (Å²) in [5, 5.41) is 17.3. The summed E-state index contributed by atoms with van der Waals surface area (Å²) < 4.78 is 1.88. The molecular weight excluding hydrogens is 416 g/mol. The highest BCUT2D eigenvalue weighted by Crippen LogP contribution is 2.26. The predicted molar refractivity (Wildman–Crippen MR) is 127 cm³/mol. The first-order chi connectivity index (χ1) is 16.0. The number of aromatic nitrogens is 4. The molecule has 4 aromatic rings. The van der Waals surface area contributed by atoms with Crippen LogP contribution in [0.2, 0.25) is 0 Å². The van der Waals surface area contributed by atoms with Crippen LogP contribution >= 0.6 is 0 Å². The van der Waals surface area contributed by atoms with Gasteiger partial charge in [0.2, 0.25) is 5.95 Å². The first-order valence-corrected chi connectivity index (χ1v) is 11.1. The summed E-state index contributed by atoms with van der Waals surface area (Å²) in [7, 11) is 0. The molecule has 0 saturated carbocycles. The van der Waals surface area contributed by atoms with Gasteiger partial charge in [-0.2, -0.15) is 5.10 Å². The molecular formula is C25H26N6O2. The molecule has 0 bridgehead atoms. The number of carbonyl (C=O) groups excluding carboxylic acids is 1. The number of pyridine rings is 1. The third-order valence-corrected chi connectivity index (χ3v) is 5.96. The van der Waals surface area contributed by atoms with E-state index in [1.807, 2.05) is 41.2 Å². The lowest BCUT2D eigenvalue weighted by Gasteiger charge is -2.15. The van der Waals surface area contributed by atoms with E-state index in [0.29, 0.717) is 36.9 Å². The number of amides is 1. The monoisotopic (exact) mass is 442 g/mol. The van der Waals surface area contributed by atoms with Gasteiger partial charge in [-0.05, 0) is 54.8 Å². The van der Waals surface area contributed by atoms with Gasteiger partial charge in [0.25, 0.3) is 5.91 Å². The van der Waals surface area contributed by atoms with Crippen LogP contribution < -0.4 is 5.32 Å². The second-order valence-corrected chi connectivity index (χ2v) is 8.66. The molecule has 1 unspecified atom stereocenters. The molecule has 1 atom stereocenters. The zero-order valence-corrected chi connectivity index (χ0v) is 18.6. The van der Waals surface area contributed by atoms with Crippen molar-refractivity contribution in [2.45, 2.75) is 32.3 Å². The molecule has 1 aromatic carbocycles. The maximum absolute atomic E-state index is 12.6. The lowest BCUT2D eigenvalue weighted by atomic mass is 10.0. The average Bonchev–Trinajstić information content (AvgIpc) is 3.45. The molecule has 1 fully saturated rings. The van der Waals surface area contributed by atoms with Crippen molar-refractivity contribution in [1.29, 1.82) is 0 Å². The molecule has 1 aliphatic heterocycles. The zero-order valence-electron chi connectivity index (χ0n) is 18.6. The summed E-state index contributed by atoms with van der Waals surface area (Å²) >= 11 is 0. The van der Waals surface area contributed by atoms with E-state index in [0.717, 1.165) is 22.5 Å². The van der Waals surface area contributed by atoms with Crippen LogP contribution in [0, 0.1) is 0 Å². The number of rotatable bonds is 5. The summed E-state index contributed by atoms with van der Waals surface area (Å²) in [6.07, 6.45) is 5.79. The highest BCUT2D eigenvalue weighted by atomic mass is 16.3. The SMILES string of the molecule is CC(C)c1cnn2ccc(-c3ccnc(Nc4ccc(C(=O)N5CCC(O)C5)cc4)n3)cc12. The molecule has 5 rings (SSSR count). The number of hydrogen-bond acceptors (Lipinski definition) is 6. The fraction of sp³-hybridized carbons (Fsp3) is 0.280. The maximum Gasteiger partial charge on any atom is 0.253 e. The summed E-state index contributed by atoms with van der Waals surface area (Å²) in [6, 6.07) is 13.2. The van der Waals surface area contributed by atoms with Crippen LogP contribution in [0.3, 0.4) is 0 Å². The first kappa shape index (κ1) is 21.1. The molecule has 33 heavy (non-hydrogen) atoms. The molecule has 8 heteroatoms.